The Morgan fingerprint density at radius 2 is 1.19 bits per heavy atom. The molecule has 0 bridgehead atoms. The maximum atomic E-state index is 11.8. The monoisotopic (exact) mass is 963 g/mol. The molecule has 7 aliphatic rings. The molecule has 13 N–H and O–H groups in total. The summed E-state index contributed by atoms with van der Waals surface area (Å²) in [5, 5.41) is 138. The van der Waals surface area contributed by atoms with E-state index in [0.29, 0.717) is 18.3 Å². The smallest absolute Gasteiger partial charge is 0.187 e. The molecule has 7 rings (SSSR count). The summed E-state index contributed by atoms with van der Waals surface area (Å²) in [5.41, 5.74) is -0.948. The van der Waals surface area contributed by atoms with Crippen LogP contribution in [0, 0.1) is 45.3 Å². The SMILES string of the molecule is CC(C)(O)C(O)C/C=C(\CO)[C@H]1CC[C@]2(C)[C@@H]1CC[C@@H]1[C@@]3(C)CC[C@H](O[C@@H]4O[C@H](COC5O[C@H](CO)[C@@H](O)[C@H](O)[C@H]5O)[C@@H](O)[C@H](O)[C@H]4OC4O[C@H](CO)[C@@H](O)[C@H](O)[C@H]4O)C(C)(C)[C@@H]3CC[C@]12C. The van der Waals surface area contributed by atoms with Crippen molar-refractivity contribution >= 4 is 0 Å². The molecule has 4 saturated carbocycles. The Morgan fingerprint density at radius 1 is 0.627 bits per heavy atom. The van der Waals surface area contributed by atoms with E-state index in [0.717, 1.165) is 50.5 Å². The number of aliphatic hydroxyl groups excluding tert-OH is 12. The second-order valence-electron chi connectivity index (χ2n) is 23.0. The van der Waals surface area contributed by atoms with Crippen molar-refractivity contribution in [3.8, 4) is 0 Å². The molecule has 3 heterocycles. The van der Waals surface area contributed by atoms with Gasteiger partial charge in [0.2, 0.25) is 0 Å². The van der Waals surface area contributed by atoms with Crippen molar-refractivity contribution in [1.29, 1.82) is 0 Å². The van der Waals surface area contributed by atoms with Crippen LogP contribution in [0.5, 0.6) is 0 Å². The third kappa shape index (κ3) is 9.47. The quantitative estimate of drug-likeness (QED) is 0.0730. The van der Waals surface area contributed by atoms with E-state index in [1.165, 1.54) is 0 Å². The molecule has 3 saturated heterocycles. The number of rotatable bonds is 14. The van der Waals surface area contributed by atoms with E-state index in [9.17, 15) is 66.4 Å². The van der Waals surface area contributed by atoms with Crippen molar-refractivity contribution in [3.05, 3.63) is 11.6 Å². The van der Waals surface area contributed by atoms with Crippen molar-refractivity contribution in [2.75, 3.05) is 26.4 Å². The van der Waals surface area contributed by atoms with E-state index in [2.05, 4.69) is 34.6 Å². The predicted molar refractivity (Wildman–Crippen MR) is 235 cm³/mol. The first-order chi connectivity index (χ1) is 31.3. The molecule has 3 unspecified atom stereocenters. The van der Waals surface area contributed by atoms with Crippen LogP contribution in [0.3, 0.4) is 0 Å². The van der Waals surface area contributed by atoms with E-state index < -0.39 is 135 Å². The van der Waals surface area contributed by atoms with E-state index in [1.807, 2.05) is 6.08 Å². The lowest BCUT2D eigenvalue weighted by Crippen LogP contribution is -2.67. The fourth-order valence-corrected chi connectivity index (χ4v) is 14.5. The fourth-order valence-electron chi connectivity index (χ4n) is 14.5. The summed E-state index contributed by atoms with van der Waals surface area (Å²) in [6.07, 6.45) is -16.3. The molecular weight excluding hydrogens is 881 g/mol. The van der Waals surface area contributed by atoms with Crippen LogP contribution < -0.4 is 0 Å². The Hall–Kier alpha value is -1.02. The maximum Gasteiger partial charge on any atom is 0.187 e. The third-order valence-corrected chi connectivity index (χ3v) is 18.8. The molecule has 19 nitrogen and oxygen atoms in total. The summed E-state index contributed by atoms with van der Waals surface area (Å²) in [4.78, 5) is 0. The van der Waals surface area contributed by atoms with Gasteiger partial charge in [-0.05, 0) is 123 Å². The van der Waals surface area contributed by atoms with Gasteiger partial charge in [0.1, 0.15) is 73.2 Å². The van der Waals surface area contributed by atoms with Gasteiger partial charge in [0.15, 0.2) is 18.9 Å². The maximum absolute atomic E-state index is 11.8. The lowest BCUT2D eigenvalue weighted by molar-refractivity contribution is -0.382. The number of aliphatic hydroxyl groups is 13. The average Bonchev–Trinajstić information content (AvgIpc) is 3.63. The first-order valence-electron chi connectivity index (χ1n) is 24.6. The molecule has 0 amide bonds. The minimum Gasteiger partial charge on any atom is -0.394 e. The van der Waals surface area contributed by atoms with Gasteiger partial charge in [0, 0.05) is 0 Å². The molecule has 0 spiro atoms. The van der Waals surface area contributed by atoms with Gasteiger partial charge < -0.3 is 94.8 Å². The van der Waals surface area contributed by atoms with Gasteiger partial charge in [-0.2, -0.15) is 0 Å². The van der Waals surface area contributed by atoms with E-state index in [-0.39, 0.29) is 41.1 Å². The van der Waals surface area contributed by atoms with Gasteiger partial charge in [-0.3, -0.25) is 0 Å². The highest BCUT2D eigenvalue weighted by Crippen LogP contribution is 2.75. The number of hydrogen-bond acceptors (Lipinski definition) is 19. The zero-order chi connectivity index (χ0) is 49.3. The van der Waals surface area contributed by atoms with Crippen LogP contribution in [0.15, 0.2) is 11.6 Å². The van der Waals surface area contributed by atoms with Gasteiger partial charge in [-0.15, -0.1) is 0 Å². The van der Waals surface area contributed by atoms with Crippen molar-refractivity contribution in [2.24, 2.45) is 45.3 Å². The summed E-state index contributed by atoms with van der Waals surface area (Å²) in [6.45, 7) is 12.8. The summed E-state index contributed by atoms with van der Waals surface area (Å²) in [7, 11) is 0. The summed E-state index contributed by atoms with van der Waals surface area (Å²) in [5.74, 6) is 1.07. The molecule has 0 aromatic carbocycles. The van der Waals surface area contributed by atoms with Crippen molar-refractivity contribution < 1.29 is 94.8 Å². The van der Waals surface area contributed by atoms with E-state index in [4.69, 9.17) is 28.4 Å². The minimum atomic E-state index is -1.84. The Kier molecular flexibility index (Phi) is 16.1. The lowest BCUT2D eigenvalue weighted by Gasteiger charge is -2.70. The zero-order valence-electron chi connectivity index (χ0n) is 40.2. The highest BCUT2D eigenvalue weighted by Gasteiger charge is 2.69. The zero-order valence-corrected chi connectivity index (χ0v) is 40.2. The predicted octanol–water partition coefficient (Wildman–Crippen LogP) is -1.05. The summed E-state index contributed by atoms with van der Waals surface area (Å²) in [6, 6.07) is 0. The molecule has 4 aliphatic carbocycles. The number of hydrogen-bond donors (Lipinski definition) is 13. The van der Waals surface area contributed by atoms with Gasteiger partial charge in [0.05, 0.1) is 44.2 Å². The molecule has 19 heteroatoms. The van der Waals surface area contributed by atoms with Crippen LogP contribution in [0.4, 0.5) is 0 Å². The third-order valence-electron chi connectivity index (χ3n) is 18.8. The van der Waals surface area contributed by atoms with E-state index >= 15 is 0 Å². The van der Waals surface area contributed by atoms with Gasteiger partial charge in [-0.25, -0.2) is 0 Å². The first kappa shape index (κ1) is 53.8. The normalized spacial score (nSPS) is 50.8. The lowest BCUT2D eigenvalue weighted by atomic mass is 9.35. The van der Waals surface area contributed by atoms with E-state index in [1.54, 1.807) is 13.8 Å². The second-order valence-corrected chi connectivity index (χ2v) is 23.0. The van der Waals surface area contributed by atoms with Gasteiger partial charge in [0.25, 0.3) is 0 Å². The molecule has 0 aromatic heterocycles. The topological polar surface area (TPSA) is 318 Å². The fraction of sp³-hybridized carbons (Fsp3) is 0.958. The van der Waals surface area contributed by atoms with Crippen LogP contribution in [-0.2, 0) is 28.4 Å². The minimum absolute atomic E-state index is 0.0102. The largest absolute Gasteiger partial charge is 0.394 e. The van der Waals surface area contributed by atoms with Crippen LogP contribution in [0.2, 0.25) is 0 Å². The molecule has 0 aromatic rings. The highest BCUT2D eigenvalue weighted by molar-refractivity contribution is 5.22. The number of ether oxygens (including phenoxy) is 6. The molecule has 7 fully saturated rings. The molecule has 0 radical (unpaired) electrons. The standard InChI is InChI=1S/C48H82O19/c1-44(2)28-13-17-48(7)29(10-9-24-23(12-16-47(24,48)6)22(18-49)8-11-30(52)45(3,4)61)46(28,5)15-14-31(44)66-43-40(67-42-39(60)36(57)33(54)26(20-51)64-42)37(58)34(55)27(65-43)21-62-41-38(59)35(56)32(53)25(19-50)63-41/h8,23-43,49-61H,9-21H2,1-7H3/b22-8+/t23-,24-,25-,26-,27-,28+,29-,30?,31+,32-,33-,34-,35+,36+,37+,38-,39-,40-,41?,42?,43+,46+,47-,48-/m1/s1. The molecular formula is C48H82O19. The number of fused-ring (bicyclic) bond motifs is 5. The Labute approximate surface area is 393 Å². The highest BCUT2D eigenvalue weighted by atomic mass is 16.8. The Bertz CT molecular complexity index is 1690. The van der Waals surface area contributed by atoms with Crippen molar-refractivity contribution in [2.45, 2.75) is 216 Å². The molecule has 388 valence electrons. The van der Waals surface area contributed by atoms with Crippen molar-refractivity contribution in [3.63, 3.8) is 0 Å². The van der Waals surface area contributed by atoms with Gasteiger partial charge >= 0.3 is 0 Å². The second kappa shape index (κ2) is 20.1. The summed E-state index contributed by atoms with van der Waals surface area (Å²) < 4.78 is 36.2. The van der Waals surface area contributed by atoms with Crippen LogP contribution >= 0.6 is 0 Å². The van der Waals surface area contributed by atoms with Crippen LogP contribution in [0.1, 0.15) is 106 Å². The first-order valence-corrected chi connectivity index (χ1v) is 24.6. The summed E-state index contributed by atoms with van der Waals surface area (Å²) >= 11 is 0. The molecule has 24 atom stereocenters. The molecule has 67 heavy (non-hydrogen) atoms. The van der Waals surface area contributed by atoms with Crippen molar-refractivity contribution in [1.82, 2.24) is 0 Å². The average molecular weight is 963 g/mol. The Morgan fingerprint density at radius 3 is 1.79 bits per heavy atom. The Balaban J connectivity index is 1.11. The van der Waals surface area contributed by atoms with Crippen LogP contribution in [0.25, 0.3) is 0 Å². The molecule has 3 aliphatic heterocycles. The van der Waals surface area contributed by atoms with Crippen LogP contribution in [-0.4, -0.2) is 203 Å². The van der Waals surface area contributed by atoms with Gasteiger partial charge in [-0.1, -0.05) is 40.7 Å².